The summed E-state index contributed by atoms with van der Waals surface area (Å²) in [5.41, 5.74) is 23.8. The van der Waals surface area contributed by atoms with Gasteiger partial charge in [-0.1, -0.05) is 255 Å². The fourth-order valence-electron chi connectivity index (χ4n) is 13.3. The summed E-state index contributed by atoms with van der Waals surface area (Å²) in [5, 5.41) is 2.26. The van der Waals surface area contributed by atoms with Crippen LogP contribution in [0.5, 0.6) is 0 Å². The first kappa shape index (κ1) is 43.8. The van der Waals surface area contributed by atoms with Crippen molar-refractivity contribution in [2.75, 3.05) is 4.90 Å². The molecule has 0 atom stereocenters. The highest BCUT2D eigenvalue weighted by atomic mass is 16.3. The molecule has 0 N–H and O–H groups in total. The van der Waals surface area contributed by atoms with Crippen LogP contribution in [-0.4, -0.2) is 0 Å². The van der Waals surface area contributed by atoms with E-state index in [4.69, 9.17) is 4.42 Å². The van der Waals surface area contributed by atoms with Crippen LogP contribution >= 0.6 is 0 Å². The molecule has 2 aliphatic carbocycles. The largest absolute Gasteiger partial charge is 0.455 e. The third-order valence-corrected chi connectivity index (χ3v) is 16.5. The van der Waals surface area contributed by atoms with Gasteiger partial charge < -0.3 is 9.32 Å². The lowest BCUT2D eigenvalue weighted by Crippen LogP contribution is -2.44. The lowest BCUT2D eigenvalue weighted by Gasteiger charge is -2.50. The van der Waals surface area contributed by atoms with Gasteiger partial charge in [0.2, 0.25) is 0 Å². The third-order valence-electron chi connectivity index (χ3n) is 16.5. The van der Waals surface area contributed by atoms with Gasteiger partial charge in [0, 0.05) is 33.4 Å². The first-order valence-corrected chi connectivity index (χ1v) is 26.3. The maximum atomic E-state index is 6.49. The molecule has 356 valence electrons. The average Bonchev–Trinajstić information content (AvgIpc) is 4.18. The first-order chi connectivity index (χ1) is 37.7. The van der Waals surface area contributed by atoms with Gasteiger partial charge in [0.05, 0.1) is 10.8 Å². The van der Waals surface area contributed by atoms with Gasteiger partial charge in [0.15, 0.2) is 0 Å². The molecule has 0 fully saturated rings. The molecule has 2 aliphatic rings. The number of nitrogens with zero attached hydrogens (tertiary/aromatic N) is 1. The first-order valence-electron chi connectivity index (χ1n) is 26.3. The Balaban J connectivity index is 0.877. The van der Waals surface area contributed by atoms with E-state index in [1.807, 2.05) is 12.1 Å². The summed E-state index contributed by atoms with van der Waals surface area (Å²) in [4.78, 5) is 2.37. The third kappa shape index (κ3) is 6.41. The highest BCUT2D eigenvalue weighted by Crippen LogP contribution is 2.65. The molecule has 0 aliphatic heterocycles. The Morgan fingerprint density at radius 3 is 1.24 bits per heavy atom. The van der Waals surface area contributed by atoms with Crippen molar-refractivity contribution < 1.29 is 4.42 Å². The zero-order chi connectivity index (χ0) is 50.2. The predicted octanol–water partition coefficient (Wildman–Crippen LogP) is 19.1. The van der Waals surface area contributed by atoms with Crippen LogP contribution in [0.25, 0.3) is 66.4 Å². The van der Waals surface area contributed by atoms with Crippen molar-refractivity contribution in [1.29, 1.82) is 0 Å². The molecule has 2 nitrogen and oxygen atoms in total. The highest BCUT2D eigenvalue weighted by Gasteiger charge is 2.56. The van der Waals surface area contributed by atoms with Gasteiger partial charge in [0.1, 0.15) is 11.2 Å². The Morgan fingerprint density at radius 1 is 0.250 bits per heavy atom. The molecule has 76 heavy (non-hydrogen) atoms. The molecule has 0 bridgehead atoms. The van der Waals surface area contributed by atoms with Crippen LogP contribution in [0.4, 0.5) is 17.1 Å². The normalized spacial score (nSPS) is 13.5. The molecule has 0 saturated carbocycles. The van der Waals surface area contributed by atoms with Gasteiger partial charge in [-0.15, -0.1) is 0 Å². The van der Waals surface area contributed by atoms with Gasteiger partial charge in [-0.2, -0.15) is 0 Å². The second-order valence-corrected chi connectivity index (χ2v) is 20.2. The molecule has 0 unspecified atom stereocenters. The fraction of sp³-hybridized carbons (Fsp3) is 0.0270. The van der Waals surface area contributed by atoms with E-state index in [9.17, 15) is 0 Å². The molecule has 13 aromatic rings. The zero-order valence-electron chi connectivity index (χ0n) is 41.6. The van der Waals surface area contributed by atoms with E-state index in [0.717, 1.165) is 50.1 Å². The van der Waals surface area contributed by atoms with E-state index < -0.39 is 10.8 Å². The average molecular weight is 968 g/mol. The lowest BCUT2D eigenvalue weighted by molar-refractivity contribution is 0.623. The van der Waals surface area contributed by atoms with Crippen LogP contribution in [0.3, 0.4) is 0 Å². The highest BCUT2D eigenvalue weighted by molar-refractivity contribution is 6.09. The van der Waals surface area contributed by atoms with E-state index in [1.165, 1.54) is 77.9 Å². The summed E-state index contributed by atoms with van der Waals surface area (Å²) >= 11 is 0. The zero-order valence-corrected chi connectivity index (χ0v) is 41.6. The van der Waals surface area contributed by atoms with Crippen molar-refractivity contribution in [3.8, 4) is 44.5 Å². The van der Waals surface area contributed by atoms with Crippen LogP contribution < -0.4 is 4.90 Å². The number of hydrogen-bond donors (Lipinski definition) is 0. The van der Waals surface area contributed by atoms with E-state index >= 15 is 0 Å². The summed E-state index contributed by atoms with van der Waals surface area (Å²) in [5.74, 6) is 0. The summed E-state index contributed by atoms with van der Waals surface area (Å²) < 4.78 is 6.49. The van der Waals surface area contributed by atoms with Gasteiger partial charge in [-0.3, -0.25) is 0 Å². The molecule has 0 saturated heterocycles. The number of fused-ring (bicyclic) bond motifs is 12. The van der Waals surface area contributed by atoms with Gasteiger partial charge in [-0.25, -0.2) is 0 Å². The number of hydrogen-bond acceptors (Lipinski definition) is 2. The monoisotopic (exact) mass is 967 g/mol. The number of anilines is 3. The number of rotatable bonds is 8. The molecular formula is C74H49NO. The van der Waals surface area contributed by atoms with Crippen LogP contribution in [-0.2, 0) is 10.8 Å². The van der Waals surface area contributed by atoms with E-state index in [2.05, 4.69) is 290 Å². The number of para-hydroxylation sites is 2. The Hall–Kier alpha value is -9.76. The van der Waals surface area contributed by atoms with Gasteiger partial charge in [-0.05, 0) is 126 Å². The smallest absolute Gasteiger partial charge is 0.143 e. The summed E-state index contributed by atoms with van der Waals surface area (Å²) in [6.07, 6.45) is 0. The van der Waals surface area contributed by atoms with E-state index in [-0.39, 0.29) is 0 Å². The molecule has 15 rings (SSSR count). The lowest BCUT2D eigenvalue weighted by atomic mass is 9.51. The Kier molecular flexibility index (Phi) is 10.0. The molecule has 1 aromatic heterocycles. The Labute approximate surface area is 443 Å². The Morgan fingerprint density at radius 2 is 0.645 bits per heavy atom. The number of furan rings is 1. The summed E-state index contributed by atoms with van der Waals surface area (Å²) in [6.45, 7) is 0. The van der Waals surface area contributed by atoms with E-state index in [1.54, 1.807) is 0 Å². The molecule has 1 heterocycles. The van der Waals surface area contributed by atoms with Crippen molar-refractivity contribution in [3.63, 3.8) is 0 Å². The maximum absolute atomic E-state index is 6.49. The van der Waals surface area contributed by atoms with Crippen LogP contribution in [0.1, 0.15) is 44.5 Å². The topological polar surface area (TPSA) is 16.4 Å². The van der Waals surface area contributed by atoms with Crippen molar-refractivity contribution in [2.24, 2.45) is 0 Å². The fourth-order valence-corrected chi connectivity index (χ4v) is 13.3. The molecule has 12 aromatic carbocycles. The maximum Gasteiger partial charge on any atom is 0.143 e. The van der Waals surface area contributed by atoms with Crippen molar-refractivity contribution in [1.82, 2.24) is 0 Å². The van der Waals surface area contributed by atoms with Crippen molar-refractivity contribution in [3.05, 3.63) is 342 Å². The summed E-state index contributed by atoms with van der Waals surface area (Å²) in [6, 6.07) is 109. The number of benzene rings is 12. The second kappa shape index (κ2) is 17.4. The second-order valence-electron chi connectivity index (χ2n) is 20.2. The predicted molar refractivity (Wildman–Crippen MR) is 314 cm³/mol. The minimum Gasteiger partial charge on any atom is -0.455 e. The molecule has 0 amide bonds. The Bertz CT molecular complexity index is 4220. The van der Waals surface area contributed by atoms with Gasteiger partial charge in [0.25, 0.3) is 0 Å². The molecule has 1 spiro atoms. The van der Waals surface area contributed by atoms with E-state index in [0.29, 0.717) is 0 Å². The summed E-state index contributed by atoms with van der Waals surface area (Å²) in [7, 11) is 0. The quantitative estimate of drug-likeness (QED) is 0.151. The van der Waals surface area contributed by atoms with Crippen molar-refractivity contribution in [2.45, 2.75) is 10.8 Å². The standard InChI is InChI=1S/C74H49NO/c1-4-20-50(21-5-1)51-38-44-56(45-39-51)75(58-48-42-53(43-49-58)60-29-18-30-62-61-26-11-17-37-70(61)76-72(60)62)57-46-40-52(41-47-57)59-28-19-36-69-71(59)63-27-10-12-31-64(63)74(69)67-34-15-13-32-65(67)73(54-22-6-2-7-23-54,55-24-8-3-9-25-55)66-33-14-16-35-68(66)74/h1-49H. The minimum atomic E-state index is -0.576. The van der Waals surface area contributed by atoms with Crippen LogP contribution in [0, 0.1) is 0 Å². The van der Waals surface area contributed by atoms with Gasteiger partial charge >= 0.3 is 0 Å². The molecule has 0 radical (unpaired) electrons. The van der Waals surface area contributed by atoms with Crippen LogP contribution in [0.15, 0.2) is 302 Å². The molecular weight excluding hydrogens is 919 g/mol. The van der Waals surface area contributed by atoms with Crippen LogP contribution in [0.2, 0.25) is 0 Å². The SMILES string of the molecule is c1ccc(-c2ccc(N(c3ccc(-c4cccc5c4-c4ccccc4C54c5ccccc5C(c5ccccc5)(c5ccccc5)c5ccccc54)cc3)c3ccc(-c4cccc5c4oc4ccccc45)cc3)cc2)cc1. The minimum absolute atomic E-state index is 0.553. The molecule has 2 heteroatoms. The van der Waals surface area contributed by atoms with Crippen molar-refractivity contribution >= 4 is 39.0 Å².